The van der Waals surface area contributed by atoms with Gasteiger partial charge in [-0.25, -0.2) is 19.9 Å². The van der Waals surface area contributed by atoms with E-state index < -0.39 is 0 Å². The fraction of sp³-hybridized carbons (Fsp3) is 0.273. The van der Waals surface area contributed by atoms with Gasteiger partial charge in [-0.15, -0.1) is 0 Å². The SMILES string of the molecule is CCOc1cccc(-c2nc3ncc(CC)nc3n2-c2c(OC)cccc2OC)n1. The second-order valence-electron chi connectivity index (χ2n) is 6.44. The molecular formula is C22H23N5O3. The highest BCUT2D eigenvalue weighted by molar-refractivity contribution is 5.79. The molecule has 0 saturated carbocycles. The van der Waals surface area contributed by atoms with Gasteiger partial charge in [-0.2, -0.15) is 0 Å². The molecule has 3 heterocycles. The lowest BCUT2D eigenvalue weighted by atomic mass is 10.2. The number of benzene rings is 1. The highest BCUT2D eigenvalue weighted by Gasteiger charge is 2.23. The standard InChI is InChI=1S/C22H23N5O3/c1-5-14-13-23-20-22(24-14)27(19-16(28-3)10-8-11-17(19)29-4)21(26-20)15-9-7-12-18(25-15)30-6-2/h7-13H,5-6H2,1-4H3. The van der Waals surface area contributed by atoms with Gasteiger partial charge in [0.2, 0.25) is 5.88 Å². The fourth-order valence-electron chi connectivity index (χ4n) is 3.26. The molecule has 0 amide bonds. The molecule has 3 aromatic heterocycles. The number of pyridine rings is 1. The summed E-state index contributed by atoms with van der Waals surface area (Å²) in [5.74, 6) is 2.34. The molecule has 30 heavy (non-hydrogen) atoms. The molecule has 8 heteroatoms. The number of nitrogens with zero attached hydrogens (tertiary/aromatic N) is 5. The summed E-state index contributed by atoms with van der Waals surface area (Å²) in [7, 11) is 3.24. The van der Waals surface area contributed by atoms with Crippen molar-refractivity contribution in [2.45, 2.75) is 20.3 Å². The normalized spacial score (nSPS) is 10.9. The fourth-order valence-corrected chi connectivity index (χ4v) is 3.26. The Morgan fingerprint density at radius 1 is 0.900 bits per heavy atom. The molecule has 0 aliphatic rings. The first-order valence-corrected chi connectivity index (χ1v) is 9.76. The summed E-state index contributed by atoms with van der Waals surface area (Å²) in [4.78, 5) is 18.7. The first-order valence-electron chi connectivity index (χ1n) is 9.76. The molecule has 0 N–H and O–H groups in total. The third-order valence-corrected chi connectivity index (χ3v) is 4.65. The van der Waals surface area contributed by atoms with Gasteiger partial charge in [-0.05, 0) is 31.5 Å². The molecule has 8 nitrogen and oxygen atoms in total. The maximum absolute atomic E-state index is 5.65. The lowest BCUT2D eigenvalue weighted by molar-refractivity contribution is 0.327. The largest absolute Gasteiger partial charge is 0.494 e. The minimum atomic E-state index is 0.513. The summed E-state index contributed by atoms with van der Waals surface area (Å²) in [5, 5.41) is 0. The summed E-state index contributed by atoms with van der Waals surface area (Å²) in [6, 6.07) is 11.2. The van der Waals surface area contributed by atoms with E-state index in [1.165, 1.54) is 0 Å². The Bertz CT molecular complexity index is 1170. The van der Waals surface area contributed by atoms with Gasteiger partial charge in [-0.3, -0.25) is 4.57 Å². The zero-order valence-corrected chi connectivity index (χ0v) is 17.4. The number of rotatable bonds is 7. The second kappa shape index (κ2) is 8.36. The van der Waals surface area contributed by atoms with Crippen molar-refractivity contribution in [1.29, 1.82) is 0 Å². The first-order chi connectivity index (χ1) is 14.7. The van der Waals surface area contributed by atoms with Crippen LogP contribution in [0.1, 0.15) is 19.5 Å². The third kappa shape index (κ3) is 3.41. The highest BCUT2D eigenvalue weighted by Crippen LogP contribution is 2.37. The van der Waals surface area contributed by atoms with Gasteiger partial charge >= 0.3 is 0 Å². The predicted molar refractivity (Wildman–Crippen MR) is 114 cm³/mol. The van der Waals surface area contributed by atoms with Crippen LogP contribution in [0.2, 0.25) is 0 Å². The summed E-state index contributed by atoms with van der Waals surface area (Å²) in [5.41, 5.74) is 3.30. The Labute approximate surface area is 174 Å². The molecule has 0 spiro atoms. The monoisotopic (exact) mass is 405 g/mol. The van der Waals surface area contributed by atoms with E-state index in [1.807, 2.05) is 54.8 Å². The highest BCUT2D eigenvalue weighted by atomic mass is 16.5. The van der Waals surface area contributed by atoms with Crippen molar-refractivity contribution in [2.24, 2.45) is 0 Å². The Morgan fingerprint density at radius 3 is 2.30 bits per heavy atom. The van der Waals surface area contributed by atoms with Crippen LogP contribution < -0.4 is 14.2 Å². The van der Waals surface area contributed by atoms with Gasteiger partial charge in [0.1, 0.15) is 22.9 Å². The van der Waals surface area contributed by atoms with Crippen molar-refractivity contribution < 1.29 is 14.2 Å². The van der Waals surface area contributed by atoms with Gasteiger partial charge in [0, 0.05) is 6.07 Å². The Hall–Kier alpha value is -3.68. The van der Waals surface area contributed by atoms with Crippen molar-refractivity contribution in [3.63, 3.8) is 0 Å². The Morgan fingerprint density at radius 2 is 1.63 bits per heavy atom. The maximum atomic E-state index is 5.65. The molecule has 0 atom stereocenters. The van der Waals surface area contributed by atoms with Gasteiger partial charge in [0.15, 0.2) is 17.1 Å². The molecule has 0 fully saturated rings. The van der Waals surface area contributed by atoms with Crippen LogP contribution in [0.15, 0.2) is 42.6 Å². The topological polar surface area (TPSA) is 84.2 Å². The zero-order chi connectivity index (χ0) is 21.1. The third-order valence-electron chi connectivity index (χ3n) is 4.65. The molecular weight excluding hydrogens is 382 g/mol. The number of aromatic nitrogens is 5. The van der Waals surface area contributed by atoms with E-state index in [0.29, 0.717) is 52.5 Å². The quantitative estimate of drug-likeness (QED) is 0.462. The lowest BCUT2D eigenvalue weighted by Crippen LogP contribution is -2.06. The van der Waals surface area contributed by atoms with E-state index in [1.54, 1.807) is 20.4 Å². The van der Waals surface area contributed by atoms with E-state index in [4.69, 9.17) is 24.2 Å². The number of para-hydroxylation sites is 1. The molecule has 0 bridgehead atoms. The van der Waals surface area contributed by atoms with Crippen LogP contribution in [0.25, 0.3) is 28.5 Å². The minimum Gasteiger partial charge on any atom is -0.494 e. The number of hydrogen-bond acceptors (Lipinski definition) is 7. The van der Waals surface area contributed by atoms with Gasteiger partial charge in [0.25, 0.3) is 0 Å². The van der Waals surface area contributed by atoms with Crippen molar-refractivity contribution >= 4 is 11.3 Å². The van der Waals surface area contributed by atoms with Crippen LogP contribution in [-0.2, 0) is 6.42 Å². The molecule has 0 saturated heterocycles. The van der Waals surface area contributed by atoms with Crippen molar-refractivity contribution in [2.75, 3.05) is 20.8 Å². The molecule has 1 aromatic carbocycles. The van der Waals surface area contributed by atoms with Crippen LogP contribution in [0.3, 0.4) is 0 Å². The molecule has 4 rings (SSSR count). The molecule has 0 aliphatic heterocycles. The Kier molecular flexibility index (Phi) is 5.47. The van der Waals surface area contributed by atoms with E-state index in [-0.39, 0.29) is 0 Å². The van der Waals surface area contributed by atoms with Crippen LogP contribution in [0.4, 0.5) is 0 Å². The average molecular weight is 405 g/mol. The van der Waals surface area contributed by atoms with Crippen LogP contribution in [0, 0.1) is 0 Å². The molecule has 0 aliphatic carbocycles. The second-order valence-corrected chi connectivity index (χ2v) is 6.44. The molecule has 4 aromatic rings. The minimum absolute atomic E-state index is 0.513. The smallest absolute Gasteiger partial charge is 0.213 e. The van der Waals surface area contributed by atoms with Crippen LogP contribution >= 0.6 is 0 Å². The Balaban J connectivity index is 2.07. The maximum Gasteiger partial charge on any atom is 0.213 e. The van der Waals surface area contributed by atoms with E-state index in [0.717, 1.165) is 12.1 Å². The van der Waals surface area contributed by atoms with Crippen LogP contribution in [-0.4, -0.2) is 45.3 Å². The van der Waals surface area contributed by atoms with Crippen molar-refractivity contribution in [3.05, 3.63) is 48.3 Å². The number of methoxy groups -OCH3 is 2. The van der Waals surface area contributed by atoms with Gasteiger partial charge in [-0.1, -0.05) is 19.1 Å². The average Bonchev–Trinajstić information content (AvgIpc) is 3.17. The molecule has 154 valence electrons. The summed E-state index contributed by atoms with van der Waals surface area (Å²) in [6.07, 6.45) is 2.50. The first kappa shape index (κ1) is 19.6. The number of ether oxygens (including phenoxy) is 3. The summed E-state index contributed by atoms with van der Waals surface area (Å²) < 4.78 is 18.8. The van der Waals surface area contributed by atoms with Gasteiger partial charge in [0.05, 0.1) is 32.7 Å². The summed E-state index contributed by atoms with van der Waals surface area (Å²) in [6.45, 7) is 4.48. The molecule has 0 radical (unpaired) electrons. The van der Waals surface area contributed by atoms with Crippen molar-refractivity contribution in [3.8, 4) is 34.6 Å². The zero-order valence-electron chi connectivity index (χ0n) is 17.4. The van der Waals surface area contributed by atoms with E-state index in [9.17, 15) is 0 Å². The van der Waals surface area contributed by atoms with E-state index in [2.05, 4.69) is 9.97 Å². The van der Waals surface area contributed by atoms with Gasteiger partial charge < -0.3 is 14.2 Å². The molecule has 0 unspecified atom stereocenters. The number of hydrogen-bond donors (Lipinski definition) is 0. The number of imidazole rings is 1. The van der Waals surface area contributed by atoms with Crippen LogP contribution in [0.5, 0.6) is 17.4 Å². The lowest BCUT2D eigenvalue weighted by Gasteiger charge is -2.16. The number of fused-ring (bicyclic) bond motifs is 1. The number of aryl methyl sites for hydroxylation is 1. The van der Waals surface area contributed by atoms with E-state index >= 15 is 0 Å². The summed E-state index contributed by atoms with van der Waals surface area (Å²) >= 11 is 0. The predicted octanol–water partition coefficient (Wildman–Crippen LogP) is 3.86. The van der Waals surface area contributed by atoms with Crippen molar-refractivity contribution in [1.82, 2.24) is 24.5 Å².